The van der Waals surface area contributed by atoms with E-state index in [9.17, 15) is 4.79 Å². The van der Waals surface area contributed by atoms with Gasteiger partial charge in [0, 0.05) is 25.7 Å². The molecule has 0 aromatic heterocycles. The van der Waals surface area contributed by atoms with Crippen molar-refractivity contribution >= 4 is 5.91 Å². The average molecular weight is 255 g/mol. The van der Waals surface area contributed by atoms with E-state index >= 15 is 0 Å². The summed E-state index contributed by atoms with van der Waals surface area (Å²) in [5.41, 5.74) is 0. The van der Waals surface area contributed by atoms with Crippen LogP contribution in [0.4, 0.5) is 0 Å². The fraction of sp³-hybridized carbons (Fsp3) is 0.923. The van der Waals surface area contributed by atoms with Gasteiger partial charge in [0.25, 0.3) is 0 Å². The first-order chi connectivity index (χ1) is 8.83. The zero-order chi connectivity index (χ0) is 12.8. The summed E-state index contributed by atoms with van der Waals surface area (Å²) >= 11 is 0. The van der Waals surface area contributed by atoms with Crippen LogP contribution < -0.4 is 10.6 Å². The molecule has 2 N–H and O–H groups in total. The number of hydrogen-bond acceptors (Lipinski definition) is 4. The van der Waals surface area contributed by atoms with Crippen molar-refractivity contribution in [2.75, 3.05) is 45.9 Å². The van der Waals surface area contributed by atoms with Crippen molar-refractivity contribution in [3.05, 3.63) is 0 Å². The van der Waals surface area contributed by atoms with Gasteiger partial charge in [-0.15, -0.1) is 0 Å². The Hall–Kier alpha value is -0.650. The molecule has 18 heavy (non-hydrogen) atoms. The molecule has 0 saturated carbocycles. The van der Waals surface area contributed by atoms with Crippen LogP contribution >= 0.6 is 0 Å². The van der Waals surface area contributed by atoms with Gasteiger partial charge in [0.1, 0.15) is 0 Å². The smallest absolute Gasteiger partial charge is 0.229 e. The molecule has 2 rings (SSSR count). The van der Waals surface area contributed by atoms with Gasteiger partial charge in [-0.25, -0.2) is 0 Å². The van der Waals surface area contributed by atoms with Crippen LogP contribution in [0, 0.1) is 5.92 Å². The molecule has 5 nitrogen and oxygen atoms in total. The monoisotopic (exact) mass is 255 g/mol. The minimum Gasteiger partial charge on any atom is -0.379 e. The number of amides is 1. The number of nitrogens with one attached hydrogen (secondary N) is 2. The van der Waals surface area contributed by atoms with Crippen molar-refractivity contribution in [2.45, 2.75) is 25.8 Å². The first-order valence-electron chi connectivity index (χ1n) is 7.13. The van der Waals surface area contributed by atoms with Gasteiger partial charge in [-0.2, -0.15) is 0 Å². The molecule has 0 aromatic carbocycles. The van der Waals surface area contributed by atoms with E-state index in [1.807, 2.05) is 4.90 Å². The van der Waals surface area contributed by atoms with E-state index < -0.39 is 0 Å². The number of hydrogen-bond donors (Lipinski definition) is 2. The lowest BCUT2D eigenvalue weighted by molar-refractivity contribution is -0.135. The Bertz CT molecular complexity index is 265. The number of nitrogens with zero attached hydrogens (tertiary/aromatic N) is 1. The third-order valence-corrected chi connectivity index (χ3v) is 3.71. The molecule has 2 aliphatic heterocycles. The Morgan fingerprint density at radius 2 is 2.28 bits per heavy atom. The minimum atomic E-state index is 0.00894. The Morgan fingerprint density at radius 1 is 1.39 bits per heavy atom. The fourth-order valence-corrected chi connectivity index (χ4v) is 2.63. The second-order valence-electron chi connectivity index (χ2n) is 5.13. The molecular weight excluding hydrogens is 230 g/mol. The number of ether oxygens (including phenoxy) is 1. The largest absolute Gasteiger partial charge is 0.379 e. The quantitative estimate of drug-likeness (QED) is 0.732. The molecule has 104 valence electrons. The molecule has 2 unspecified atom stereocenters. The molecule has 0 spiro atoms. The first kappa shape index (κ1) is 13.8. The van der Waals surface area contributed by atoms with Crippen molar-refractivity contribution in [1.82, 2.24) is 15.5 Å². The van der Waals surface area contributed by atoms with Crippen LogP contribution in [0.3, 0.4) is 0 Å². The first-order valence-corrected chi connectivity index (χ1v) is 7.13. The highest BCUT2D eigenvalue weighted by atomic mass is 16.5. The van der Waals surface area contributed by atoms with E-state index in [1.165, 1.54) is 0 Å². The molecule has 2 heterocycles. The van der Waals surface area contributed by atoms with Crippen LogP contribution in [0.2, 0.25) is 0 Å². The van der Waals surface area contributed by atoms with Gasteiger partial charge >= 0.3 is 0 Å². The van der Waals surface area contributed by atoms with Gasteiger partial charge in [-0.3, -0.25) is 4.79 Å². The van der Waals surface area contributed by atoms with Gasteiger partial charge in [0.15, 0.2) is 0 Å². The van der Waals surface area contributed by atoms with E-state index in [-0.39, 0.29) is 17.9 Å². The summed E-state index contributed by atoms with van der Waals surface area (Å²) < 4.78 is 5.48. The maximum Gasteiger partial charge on any atom is 0.229 e. The second-order valence-corrected chi connectivity index (χ2v) is 5.13. The maximum absolute atomic E-state index is 12.5. The van der Waals surface area contributed by atoms with E-state index in [0.29, 0.717) is 13.2 Å². The Balaban J connectivity index is 1.89. The van der Waals surface area contributed by atoms with E-state index in [4.69, 9.17) is 4.74 Å². The molecular formula is C13H25N3O2. The third-order valence-electron chi connectivity index (χ3n) is 3.71. The van der Waals surface area contributed by atoms with E-state index in [1.54, 1.807) is 0 Å². The van der Waals surface area contributed by atoms with Gasteiger partial charge in [-0.1, -0.05) is 6.92 Å². The summed E-state index contributed by atoms with van der Waals surface area (Å²) in [7, 11) is 0. The highest BCUT2D eigenvalue weighted by Gasteiger charge is 2.36. The third kappa shape index (κ3) is 3.43. The normalized spacial score (nSPS) is 29.3. The second kappa shape index (κ2) is 7.07. The molecule has 1 amide bonds. The fourth-order valence-electron chi connectivity index (χ4n) is 2.63. The lowest BCUT2D eigenvalue weighted by atomic mass is 10.0. The molecule has 0 aliphatic carbocycles. The van der Waals surface area contributed by atoms with Crippen molar-refractivity contribution in [1.29, 1.82) is 0 Å². The molecule has 2 atom stereocenters. The molecule has 0 aromatic rings. The van der Waals surface area contributed by atoms with Crippen molar-refractivity contribution in [3.63, 3.8) is 0 Å². The molecule has 2 aliphatic rings. The van der Waals surface area contributed by atoms with Crippen molar-refractivity contribution in [3.8, 4) is 0 Å². The summed E-state index contributed by atoms with van der Waals surface area (Å²) in [6, 6.07) is 0.202. The highest BCUT2D eigenvalue weighted by Crippen LogP contribution is 2.17. The van der Waals surface area contributed by atoms with Gasteiger partial charge in [0.05, 0.1) is 19.1 Å². The zero-order valence-electron chi connectivity index (χ0n) is 11.3. The number of carbonyl (C=O) groups excluding carboxylic acids is 1. The summed E-state index contributed by atoms with van der Waals surface area (Å²) in [5.74, 6) is 0.277. The summed E-state index contributed by atoms with van der Waals surface area (Å²) in [5, 5.41) is 6.76. The summed E-state index contributed by atoms with van der Waals surface area (Å²) in [4.78, 5) is 14.5. The minimum absolute atomic E-state index is 0.00894. The van der Waals surface area contributed by atoms with E-state index in [2.05, 4.69) is 17.6 Å². The summed E-state index contributed by atoms with van der Waals surface area (Å²) in [6.45, 7) is 7.97. The Labute approximate surface area is 109 Å². The maximum atomic E-state index is 12.5. The van der Waals surface area contributed by atoms with Crippen LogP contribution in [0.5, 0.6) is 0 Å². The Morgan fingerprint density at radius 3 is 3.11 bits per heavy atom. The standard InChI is InChI=1S/C13H25N3O2/c1-2-4-15-12-10-18-9-11(12)13(17)16-7-3-5-14-6-8-16/h11-12,14-15H,2-10H2,1H3. The predicted octanol–water partition coefficient (Wildman–Crippen LogP) is -0.177. The zero-order valence-corrected chi connectivity index (χ0v) is 11.3. The van der Waals surface area contributed by atoms with Crippen LogP contribution in [-0.2, 0) is 9.53 Å². The van der Waals surface area contributed by atoms with Crippen LogP contribution in [0.1, 0.15) is 19.8 Å². The van der Waals surface area contributed by atoms with E-state index in [0.717, 1.165) is 45.6 Å². The van der Waals surface area contributed by atoms with Crippen molar-refractivity contribution in [2.24, 2.45) is 5.92 Å². The molecule has 2 fully saturated rings. The van der Waals surface area contributed by atoms with Gasteiger partial charge < -0.3 is 20.3 Å². The van der Waals surface area contributed by atoms with Crippen LogP contribution in [0.25, 0.3) is 0 Å². The lowest BCUT2D eigenvalue weighted by Gasteiger charge is -2.26. The SMILES string of the molecule is CCCNC1COCC1C(=O)N1CCCNCC1. The average Bonchev–Trinajstić information content (AvgIpc) is 2.68. The highest BCUT2D eigenvalue weighted by molar-refractivity contribution is 5.80. The van der Waals surface area contributed by atoms with Gasteiger partial charge in [-0.05, 0) is 25.9 Å². The number of carbonyl (C=O) groups is 1. The van der Waals surface area contributed by atoms with Crippen LogP contribution in [-0.4, -0.2) is 62.8 Å². The van der Waals surface area contributed by atoms with Crippen molar-refractivity contribution < 1.29 is 9.53 Å². The molecule has 2 saturated heterocycles. The topological polar surface area (TPSA) is 53.6 Å². The Kier molecular flexibility index (Phi) is 5.41. The predicted molar refractivity (Wildman–Crippen MR) is 70.5 cm³/mol. The molecule has 5 heteroatoms. The summed E-state index contributed by atoms with van der Waals surface area (Å²) in [6.07, 6.45) is 2.14. The van der Waals surface area contributed by atoms with Gasteiger partial charge in [0.2, 0.25) is 5.91 Å². The molecule has 0 bridgehead atoms. The number of rotatable bonds is 4. The van der Waals surface area contributed by atoms with Crippen LogP contribution in [0.15, 0.2) is 0 Å². The lowest BCUT2D eigenvalue weighted by Crippen LogP contribution is -2.46. The molecule has 0 radical (unpaired) electrons.